The summed E-state index contributed by atoms with van der Waals surface area (Å²) in [5, 5.41) is 7.00. The molecule has 3 rings (SSSR count). The maximum absolute atomic E-state index is 12.5. The normalized spacial score (nSPS) is 11.5. The van der Waals surface area contributed by atoms with Gasteiger partial charge in [0.2, 0.25) is 11.6 Å². The van der Waals surface area contributed by atoms with Crippen LogP contribution in [-0.2, 0) is 9.53 Å². The van der Waals surface area contributed by atoms with E-state index in [1.54, 1.807) is 30.5 Å². The summed E-state index contributed by atoms with van der Waals surface area (Å²) in [6, 6.07) is 15.8. The topological polar surface area (TPSA) is 99.5 Å². The Hall–Kier alpha value is -3.94. The number of ether oxygens (including phenoxy) is 2. The van der Waals surface area contributed by atoms with Gasteiger partial charge in [-0.2, -0.15) is 5.10 Å². The molecular formula is C23H23N3O5. The van der Waals surface area contributed by atoms with Gasteiger partial charge in [0.05, 0.1) is 25.0 Å². The predicted molar refractivity (Wildman–Crippen MR) is 113 cm³/mol. The molecule has 2 aromatic carbocycles. The largest absolute Gasteiger partial charge is 0.493 e. The molecule has 0 aliphatic heterocycles. The maximum atomic E-state index is 12.5. The van der Waals surface area contributed by atoms with Gasteiger partial charge in [-0.15, -0.1) is 0 Å². The van der Waals surface area contributed by atoms with Crippen LogP contribution in [-0.4, -0.2) is 41.2 Å². The van der Waals surface area contributed by atoms with Crippen LogP contribution in [0.2, 0.25) is 0 Å². The highest BCUT2D eigenvalue weighted by molar-refractivity contribution is 5.99. The van der Waals surface area contributed by atoms with E-state index in [2.05, 4.69) is 10.4 Å². The van der Waals surface area contributed by atoms with Crippen LogP contribution in [0.25, 0.3) is 5.69 Å². The molecule has 0 saturated carbocycles. The van der Waals surface area contributed by atoms with Crippen molar-refractivity contribution in [3.8, 4) is 11.4 Å². The molecule has 0 saturated heterocycles. The molecule has 0 bridgehead atoms. The summed E-state index contributed by atoms with van der Waals surface area (Å²) in [6.07, 6.45) is 1.57. The van der Waals surface area contributed by atoms with E-state index in [4.69, 9.17) is 9.47 Å². The third-order valence-corrected chi connectivity index (χ3v) is 4.60. The van der Waals surface area contributed by atoms with Gasteiger partial charge in [0, 0.05) is 12.5 Å². The molecule has 8 nitrogen and oxygen atoms in total. The van der Waals surface area contributed by atoms with E-state index in [-0.39, 0.29) is 29.2 Å². The van der Waals surface area contributed by atoms with E-state index in [1.165, 1.54) is 18.7 Å². The summed E-state index contributed by atoms with van der Waals surface area (Å²) >= 11 is 0. The number of rotatable bonds is 8. The Morgan fingerprint density at radius 1 is 1.06 bits per heavy atom. The van der Waals surface area contributed by atoms with Gasteiger partial charge in [-0.1, -0.05) is 42.5 Å². The first kappa shape index (κ1) is 21.8. The van der Waals surface area contributed by atoms with Gasteiger partial charge in [-0.05, 0) is 24.6 Å². The monoisotopic (exact) mass is 421 g/mol. The number of methoxy groups -OCH3 is 1. The number of nitrogens with one attached hydrogen (secondary N) is 1. The number of para-hydroxylation sites is 1. The Kier molecular flexibility index (Phi) is 6.81. The third-order valence-electron chi connectivity index (χ3n) is 4.60. The van der Waals surface area contributed by atoms with Crippen LogP contribution in [0.1, 0.15) is 46.3 Å². The van der Waals surface area contributed by atoms with Gasteiger partial charge in [-0.3, -0.25) is 9.59 Å². The fourth-order valence-corrected chi connectivity index (χ4v) is 2.99. The standard InChI is InChI=1S/C23H23N3O5/c1-15(24-16(2)27)17-9-11-18(12-10-17)20(28)14-31-23(29)22-21(30-3)13-26(25-22)19-7-5-4-6-8-19/h4-13,15H,14H2,1-3H3,(H,24,27)/t15-/m0/s1. The Bertz CT molecular complexity index is 1070. The number of nitrogens with zero attached hydrogens (tertiary/aromatic N) is 2. The minimum Gasteiger partial charge on any atom is -0.493 e. The molecule has 0 aliphatic carbocycles. The second-order valence-electron chi connectivity index (χ2n) is 6.87. The van der Waals surface area contributed by atoms with Crippen LogP contribution in [0.15, 0.2) is 60.8 Å². The molecule has 1 atom stereocenters. The first-order valence-corrected chi connectivity index (χ1v) is 9.65. The van der Waals surface area contributed by atoms with Crippen molar-refractivity contribution in [3.05, 3.63) is 77.6 Å². The minimum absolute atomic E-state index is 0.0152. The maximum Gasteiger partial charge on any atom is 0.363 e. The van der Waals surface area contributed by atoms with Crippen molar-refractivity contribution in [1.29, 1.82) is 0 Å². The third kappa shape index (κ3) is 5.36. The van der Waals surface area contributed by atoms with E-state index >= 15 is 0 Å². The van der Waals surface area contributed by atoms with Crippen LogP contribution in [0, 0.1) is 0 Å². The molecule has 1 N–H and O–H groups in total. The zero-order chi connectivity index (χ0) is 22.4. The molecule has 160 valence electrons. The van der Waals surface area contributed by atoms with E-state index < -0.39 is 12.6 Å². The van der Waals surface area contributed by atoms with E-state index in [0.29, 0.717) is 5.56 Å². The fourth-order valence-electron chi connectivity index (χ4n) is 2.99. The molecule has 31 heavy (non-hydrogen) atoms. The lowest BCUT2D eigenvalue weighted by Gasteiger charge is -2.13. The summed E-state index contributed by atoms with van der Waals surface area (Å²) in [5.41, 5.74) is 2.00. The minimum atomic E-state index is -0.754. The van der Waals surface area contributed by atoms with Crippen molar-refractivity contribution in [2.24, 2.45) is 0 Å². The van der Waals surface area contributed by atoms with Crippen LogP contribution >= 0.6 is 0 Å². The lowest BCUT2D eigenvalue weighted by atomic mass is 10.0. The Morgan fingerprint density at radius 3 is 2.35 bits per heavy atom. The molecule has 1 heterocycles. The molecule has 0 aliphatic rings. The summed E-state index contributed by atoms with van der Waals surface area (Å²) in [5.74, 6) is -0.994. The zero-order valence-corrected chi connectivity index (χ0v) is 17.5. The van der Waals surface area contributed by atoms with Crippen molar-refractivity contribution in [1.82, 2.24) is 15.1 Å². The highest BCUT2D eigenvalue weighted by Gasteiger charge is 2.21. The van der Waals surface area contributed by atoms with Crippen LogP contribution in [0.5, 0.6) is 5.75 Å². The number of amides is 1. The Balaban J connectivity index is 1.65. The molecule has 1 amide bonds. The molecular weight excluding hydrogens is 398 g/mol. The summed E-state index contributed by atoms with van der Waals surface area (Å²) < 4.78 is 11.9. The number of hydrogen-bond donors (Lipinski definition) is 1. The van der Waals surface area contributed by atoms with Gasteiger partial charge < -0.3 is 14.8 Å². The fraction of sp³-hybridized carbons (Fsp3) is 0.217. The van der Waals surface area contributed by atoms with E-state index in [0.717, 1.165) is 11.3 Å². The lowest BCUT2D eigenvalue weighted by Crippen LogP contribution is -2.23. The van der Waals surface area contributed by atoms with Gasteiger partial charge in [-0.25, -0.2) is 9.48 Å². The van der Waals surface area contributed by atoms with Gasteiger partial charge >= 0.3 is 5.97 Å². The molecule has 0 spiro atoms. The van der Waals surface area contributed by atoms with E-state index in [9.17, 15) is 14.4 Å². The zero-order valence-electron chi connectivity index (χ0n) is 17.5. The van der Waals surface area contributed by atoms with Crippen LogP contribution in [0.4, 0.5) is 0 Å². The van der Waals surface area contributed by atoms with E-state index in [1.807, 2.05) is 37.3 Å². The van der Waals surface area contributed by atoms with Crippen molar-refractivity contribution in [2.45, 2.75) is 19.9 Å². The number of hydrogen-bond acceptors (Lipinski definition) is 6. The first-order chi connectivity index (χ1) is 14.9. The molecule has 0 radical (unpaired) electrons. The highest BCUT2D eigenvalue weighted by Crippen LogP contribution is 2.20. The first-order valence-electron chi connectivity index (χ1n) is 9.65. The quantitative estimate of drug-likeness (QED) is 0.443. The van der Waals surface area contributed by atoms with Crippen molar-refractivity contribution < 1.29 is 23.9 Å². The molecule has 1 aromatic heterocycles. The van der Waals surface area contributed by atoms with Gasteiger partial charge in [0.25, 0.3) is 0 Å². The molecule has 8 heteroatoms. The summed E-state index contributed by atoms with van der Waals surface area (Å²) in [4.78, 5) is 36.1. The van der Waals surface area contributed by atoms with Gasteiger partial charge in [0.1, 0.15) is 0 Å². The highest BCUT2D eigenvalue weighted by atomic mass is 16.5. The number of aromatic nitrogens is 2. The van der Waals surface area contributed by atoms with Crippen LogP contribution < -0.4 is 10.1 Å². The second kappa shape index (κ2) is 9.71. The number of Topliss-reactive ketones (excluding diaryl/α,β-unsaturated/α-hetero) is 1. The predicted octanol–water partition coefficient (Wildman–Crippen LogP) is 3.12. The number of carbonyl (C=O) groups excluding carboxylic acids is 3. The lowest BCUT2D eigenvalue weighted by molar-refractivity contribution is -0.119. The smallest absolute Gasteiger partial charge is 0.363 e. The SMILES string of the molecule is COc1cn(-c2ccccc2)nc1C(=O)OCC(=O)c1ccc([C@H](C)NC(C)=O)cc1. The average Bonchev–Trinajstić information content (AvgIpc) is 3.22. The molecule has 3 aromatic rings. The van der Waals surface area contributed by atoms with Crippen LogP contribution in [0.3, 0.4) is 0 Å². The number of esters is 1. The second-order valence-corrected chi connectivity index (χ2v) is 6.87. The number of ketones is 1. The molecule has 0 unspecified atom stereocenters. The van der Waals surface area contributed by atoms with Crippen molar-refractivity contribution in [2.75, 3.05) is 13.7 Å². The van der Waals surface area contributed by atoms with Crippen molar-refractivity contribution >= 4 is 17.7 Å². The number of benzene rings is 2. The summed E-state index contributed by atoms with van der Waals surface area (Å²) in [7, 11) is 1.43. The molecule has 0 fully saturated rings. The Morgan fingerprint density at radius 2 is 1.74 bits per heavy atom. The van der Waals surface area contributed by atoms with Crippen molar-refractivity contribution in [3.63, 3.8) is 0 Å². The van der Waals surface area contributed by atoms with Gasteiger partial charge in [0.15, 0.2) is 18.1 Å². The average molecular weight is 421 g/mol. The summed E-state index contributed by atoms with van der Waals surface area (Å²) in [6.45, 7) is 2.86. The number of carbonyl (C=O) groups is 3. The Labute approximate surface area is 179 Å².